The minimum Gasteiger partial charge on any atom is -0.308 e. The Morgan fingerprint density at radius 1 is 1.30 bits per heavy atom. The largest absolute Gasteiger partial charge is 0.308 e. The molecule has 1 saturated heterocycles. The Bertz CT molecular complexity index is 847. The molecule has 0 aliphatic carbocycles. The summed E-state index contributed by atoms with van der Waals surface area (Å²) in [5, 5.41) is 1.32. The lowest BCUT2D eigenvalue weighted by molar-refractivity contribution is 0.0273. The summed E-state index contributed by atoms with van der Waals surface area (Å²) >= 11 is 0. The predicted octanol–water partition coefficient (Wildman–Crippen LogP) is 3.69. The molecule has 1 fully saturated rings. The molecule has 1 radical (unpaired) electrons. The number of rotatable bonds is 2. The van der Waals surface area contributed by atoms with Crippen LogP contribution in [0, 0.1) is 5.41 Å². The number of fused-ring (bicyclic) bond motifs is 3. The average molecular weight is 305 g/mol. The highest BCUT2D eigenvalue weighted by Gasteiger charge is 2.50. The van der Waals surface area contributed by atoms with Crippen molar-refractivity contribution in [3.05, 3.63) is 41.6 Å². The van der Waals surface area contributed by atoms with Gasteiger partial charge in [-0.2, -0.15) is 0 Å². The van der Waals surface area contributed by atoms with Gasteiger partial charge in [0.25, 0.3) is 6.29 Å². The van der Waals surface area contributed by atoms with Gasteiger partial charge in [-0.25, -0.2) is 0 Å². The number of hydrogen-bond donors (Lipinski definition) is 0. The number of piperidine rings is 1. The number of aromatic nitrogens is 1. The van der Waals surface area contributed by atoms with E-state index in [1.165, 1.54) is 41.5 Å². The van der Waals surface area contributed by atoms with Crippen LogP contribution in [0.2, 0.25) is 0 Å². The lowest BCUT2D eigenvalue weighted by Crippen LogP contribution is -2.50. The normalized spacial score (nSPS) is 29.3. The van der Waals surface area contributed by atoms with Gasteiger partial charge in [-0.05, 0) is 49.9 Å². The summed E-state index contributed by atoms with van der Waals surface area (Å²) in [6.45, 7) is 4.60. The van der Waals surface area contributed by atoms with E-state index in [-0.39, 0.29) is 5.41 Å². The molecule has 1 aromatic carbocycles. The zero-order valence-corrected chi connectivity index (χ0v) is 13.5. The first kappa shape index (κ1) is 13.6. The summed E-state index contributed by atoms with van der Waals surface area (Å²) in [6.07, 6.45) is 9.07. The number of carbonyl (C=O) groups excluding carboxylic acids is 1. The quantitative estimate of drug-likeness (QED) is 0.845. The topological polar surface area (TPSA) is 25.2 Å². The Labute approximate surface area is 136 Å². The zero-order valence-electron chi connectivity index (χ0n) is 13.5. The maximum Gasteiger partial charge on any atom is 0.251 e. The van der Waals surface area contributed by atoms with Gasteiger partial charge in [-0.15, -0.1) is 0 Å². The molecule has 3 heteroatoms. The van der Waals surface area contributed by atoms with Crippen LogP contribution in [-0.2, 0) is 11.2 Å². The van der Waals surface area contributed by atoms with Crippen LogP contribution in [0.25, 0.3) is 16.6 Å². The van der Waals surface area contributed by atoms with Crippen molar-refractivity contribution in [3.63, 3.8) is 0 Å². The molecule has 0 saturated carbocycles. The number of allylic oxidation sites excluding steroid dienone is 1. The molecule has 2 aromatic rings. The highest BCUT2D eigenvalue weighted by molar-refractivity contribution is 6.05. The van der Waals surface area contributed by atoms with Gasteiger partial charge < -0.3 is 4.57 Å². The summed E-state index contributed by atoms with van der Waals surface area (Å²) in [7, 11) is 0. The molecule has 3 nitrogen and oxygen atoms in total. The van der Waals surface area contributed by atoms with Crippen LogP contribution in [0.4, 0.5) is 0 Å². The van der Waals surface area contributed by atoms with Gasteiger partial charge in [0.05, 0.1) is 17.3 Å². The standard InChI is InChI=1S/C20H21N2O/c1-2-20-9-5-10-21-11-8-16-15-6-3-4-7-17(15)22(14(12-20)13-23)18(16)19(20)21/h3-4,6-7,12,19H,2,5,8-11H2,1H3/t19-,20+/m1/s1. The van der Waals surface area contributed by atoms with Crippen molar-refractivity contribution in [2.24, 2.45) is 5.41 Å². The fourth-order valence-electron chi connectivity index (χ4n) is 5.35. The molecule has 23 heavy (non-hydrogen) atoms. The van der Waals surface area contributed by atoms with E-state index in [0.717, 1.165) is 25.1 Å². The van der Waals surface area contributed by atoms with Gasteiger partial charge in [0.2, 0.25) is 0 Å². The second-order valence-electron chi connectivity index (χ2n) is 7.23. The molecule has 0 spiro atoms. The summed E-state index contributed by atoms with van der Waals surface area (Å²) in [4.78, 5) is 14.4. The van der Waals surface area contributed by atoms with Crippen molar-refractivity contribution in [2.75, 3.05) is 13.1 Å². The minimum atomic E-state index is 0.102. The molecule has 0 bridgehead atoms. The first-order chi connectivity index (χ1) is 11.3. The van der Waals surface area contributed by atoms with Crippen LogP contribution < -0.4 is 0 Å². The van der Waals surface area contributed by atoms with Crippen molar-refractivity contribution in [3.8, 4) is 0 Å². The molecule has 0 amide bonds. The molecule has 2 atom stereocenters. The van der Waals surface area contributed by atoms with E-state index >= 15 is 0 Å². The summed E-state index contributed by atoms with van der Waals surface area (Å²) in [6, 6.07) is 8.96. The van der Waals surface area contributed by atoms with E-state index in [1.807, 2.05) is 0 Å². The molecular weight excluding hydrogens is 284 g/mol. The van der Waals surface area contributed by atoms with E-state index in [1.54, 1.807) is 0 Å². The van der Waals surface area contributed by atoms with Crippen molar-refractivity contribution in [2.45, 2.75) is 38.6 Å². The third-order valence-corrected chi connectivity index (χ3v) is 6.35. The van der Waals surface area contributed by atoms with Gasteiger partial charge in [-0.1, -0.05) is 25.1 Å². The monoisotopic (exact) mass is 305 g/mol. The van der Waals surface area contributed by atoms with Crippen LogP contribution in [0.5, 0.6) is 0 Å². The molecule has 117 valence electrons. The minimum absolute atomic E-state index is 0.102. The van der Waals surface area contributed by atoms with E-state index < -0.39 is 0 Å². The van der Waals surface area contributed by atoms with Crippen LogP contribution in [-0.4, -0.2) is 28.8 Å². The number of nitrogens with zero attached hydrogens (tertiary/aromatic N) is 2. The fraction of sp³-hybridized carbons (Fsp3) is 0.450. The summed E-state index contributed by atoms with van der Waals surface area (Å²) < 4.78 is 2.20. The third-order valence-electron chi connectivity index (χ3n) is 6.35. The number of para-hydroxylation sites is 1. The molecule has 1 aromatic heterocycles. The molecule has 3 aliphatic heterocycles. The highest BCUT2D eigenvalue weighted by Crippen LogP contribution is 2.56. The molecule has 3 aliphatic rings. The average Bonchev–Trinajstić information content (AvgIpc) is 2.95. The predicted molar refractivity (Wildman–Crippen MR) is 91.9 cm³/mol. The van der Waals surface area contributed by atoms with Crippen LogP contribution in [0.1, 0.15) is 43.5 Å². The van der Waals surface area contributed by atoms with Gasteiger partial charge in [0.15, 0.2) is 0 Å². The van der Waals surface area contributed by atoms with Crippen LogP contribution in [0.3, 0.4) is 0 Å². The summed E-state index contributed by atoms with van der Waals surface area (Å²) in [5.74, 6) is 0. The molecular formula is C20H21N2O. The molecule has 0 N–H and O–H groups in total. The first-order valence-electron chi connectivity index (χ1n) is 8.77. The second-order valence-corrected chi connectivity index (χ2v) is 7.23. The Morgan fingerprint density at radius 2 is 2.17 bits per heavy atom. The smallest absolute Gasteiger partial charge is 0.251 e. The number of benzene rings is 1. The first-order valence-corrected chi connectivity index (χ1v) is 8.77. The highest BCUT2D eigenvalue weighted by atomic mass is 16.1. The Kier molecular flexibility index (Phi) is 2.70. The van der Waals surface area contributed by atoms with Crippen molar-refractivity contribution >= 4 is 22.9 Å². The van der Waals surface area contributed by atoms with E-state index in [0.29, 0.717) is 6.04 Å². The maximum absolute atomic E-state index is 11.8. The molecule has 0 unspecified atom stereocenters. The van der Waals surface area contributed by atoms with Crippen molar-refractivity contribution < 1.29 is 4.79 Å². The van der Waals surface area contributed by atoms with Crippen molar-refractivity contribution in [1.29, 1.82) is 0 Å². The van der Waals surface area contributed by atoms with E-state index in [2.05, 4.69) is 53.0 Å². The maximum atomic E-state index is 11.8. The van der Waals surface area contributed by atoms with Gasteiger partial charge >= 0.3 is 0 Å². The third kappa shape index (κ3) is 1.56. The van der Waals surface area contributed by atoms with Gasteiger partial charge in [0.1, 0.15) is 0 Å². The van der Waals surface area contributed by atoms with E-state index in [4.69, 9.17) is 0 Å². The Morgan fingerprint density at radius 3 is 3.00 bits per heavy atom. The second kappa shape index (κ2) is 4.57. The molecule has 5 rings (SSSR count). The fourth-order valence-corrected chi connectivity index (χ4v) is 5.35. The van der Waals surface area contributed by atoms with Crippen LogP contribution >= 0.6 is 0 Å². The van der Waals surface area contributed by atoms with Gasteiger partial charge in [0, 0.05) is 23.0 Å². The van der Waals surface area contributed by atoms with Gasteiger partial charge in [-0.3, -0.25) is 9.69 Å². The zero-order chi connectivity index (χ0) is 15.6. The number of hydrogen-bond acceptors (Lipinski definition) is 2. The lowest BCUT2D eigenvalue weighted by atomic mass is 9.66. The Balaban J connectivity index is 1.91. The molecule has 4 heterocycles. The lowest BCUT2D eigenvalue weighted by Gasteiger charge is -2.53. The SMILES string of the molecule is CC[C@@]12C=C([C]=O)n3c4c(c5ccccc53)CCN(CCC1)[C@H]42. The Hall–Kier alpha value is -1.87. The van der Waals surface area contributed by atoms with E-state index in [9.17, 15) is 4.79 Å². The van der Waals surface area contributed by atoms with Crippen molar-refractivity contribution in [1.82, 2.24) is 9.47 Å². The summed E-state index contributed by atoms with van der Waals surface area (Å²) in [5.41, 5.74) is 4.83. The van der Waals surface area contributed by atoms with Crippen LogP contribution in [0.15, 0.2) is 30.3 Å².